The zero-order chi connectivity index (χ0) is 20.4. The van der Waals surface area contributed by atoms with Gasteiger partial charge in [0.05, 0.1) is 24.8 Å². The lowest BCUT2D eigenvalue weighted by molar-refractivity contribution is -0.125. The standard InChI is InChI=1S/C20H25F2N5O2/c1-13(27-9-7-20(21,22)16(11-27)17-6-8-24-26-17)19(28)25-18-5-4-15(10-23-18)29-12-14-2-3-14/h4-6,8,10,13-14,16H,2-3,7,9,11-12H2,1H3,(H,24,26)(H,23,25,28)/t13-,16?/m0/s1. The first-order chi connectivity index (χ1) is 13.9. The molecule has 2 atom stereocenters. The molecule has 156 valence electrons. The van der Waals surface area contributed by atoms with E-state index in [1.165, 1.54) is 19.0 Å². The molecule has 2 fully saturated rings. The normalized spacial score (nSPS) is 22.8. The molecule has 0 spiro atoms. The van der Waals surface area contributed by atoms with Crippen LogP contribution < -0.4 is 10.1 Å². The number of carbonyl (C=O) groups is 1. The van der Waals surface area contributed by atoms with E-state index in [4.69, 9.17) is 4.74 Å². The van der Waals surface area contributed by atoms with E-state index in [1.807, 2.05) is 0 Å². The highest BCUT2D eigenvalue weighted by molar-refractivity contribution is 5.93. The molecule has 1 aliphatic heterocycles. The van der Waals surface area contributed by atoms with Gasteiger partial charge in [-0.1, -0.05) is 0 Å². The summed E-state index contributed by atoms with van der Waals surface area (Å²) in [7, 11) is 0. The summed E-state index contributed by atoms with van der Waals surface area (Å²) in [5, 5.41) is 9.18. The van der Waals surface area contributed by atoms with Gasteiger partial charge in [0.15, 0.2) is 0 Å². The van der Waals surface area contributed by atoms with Gasteiger partial charge in [0.2, 0.25) is 5.91 Å². The third-order valence-electron chi connectivity index (χ3n) is 5.65. The Morgan fingerprint density at radius 2 is 2.24 bits per heavy atom. The molecular weight excluding hydrogens is 380 g/mol. The SMILES string of the molecule is C[C@@H](C(=O)Nc1ccc(OCC2CC2)cn1)N1CCC(F)(F)C(c2ccn[nH]2)C1. The van der Waals surface area contributed by atoms with Crippen molar-refractivity contribution in [3.8, 4) is 5.75 Å². The Morgan fingerprint density at radius 1 is 1.41 bits per heavy atom. The van der Waals surface area contributed by atoms with Crippen LogP contribution in [0.2, 0.25) is 0 Å². The van der Waals surface area contributed by atoms with E-state index in [0.717, 1.165) is 0 Å². The van der Waals surface area contributed by atoms with E-state index < -0.39 is 17.9 Å². The Labute approximate surface area is 167 Å². The van der Waals surface area contributed by atoms with Gasteiger partial charge >= 0.3 is 0 Å². The van der Waals surface area contributed by atoms with Crippen molar-refractivity contribution in [3.63, 3.8) is 0 Å². The number of halogens is 2. The maximum absolute atomic E-state index is 14.4. The number of piperidine rings is 1. The number of aromatic amines is 1. The number of alkyl halides is 2. The lowest BCUT2D eigenvalue weighted by Crippen LogP contribution is -2.52. The van der Waals surface area contributed by atoms with Crippen LogP contribution in [0.1, 0.15) is 37.8 Å². The summed E-state index contributed by atoms with van der Waals surface area (Å²) in [5.41, 5.74) is 0.385. The fourth-order valence-corrected chi connectivity index (χ4v) is 3.50. The van der Waals surface area contributed by atoms with Gasteiger partial charge in [0.25, 0.3) is 5.92 Å². The van der Waals surface area contributed by atoms with Crippen LogP contribution in [0.3, 0.4) is 0 Å². The van der Waals surface area contributed by atoms with Crippen LogP contribution in [-0.2, 0) is 4.79 Å². The summed E-state index contributed by atoms with van der Waals surface area (Å²) in [5.74, 6) is -2.40. The zero-order valence-electron chi connectivity index (χ0n) is 16.3. The summed E-state index contributed by atoms with van der Waals surface area (Å²) in [4.78, 5) is 18.6. The molecular formula is C20H25F2N5O2. The minimum atomic E-state index is -2.84. The molecule has 1 saturated heterocycles. The summed E-state index contributed by atoms with van der Waals surface area (Å²) < 4.78 is 34.4. The molecule has 1 aliphatic carbocycles. The van der Waals surface area contributed by atoms with Crippen LogP contribution in [0.4, 0.5) is 14.6 Å². The van der Waals surface area contributed by atoms with E-state index in [2.05, 4.69) is 20.5 Å². The molecule has 1 saturated carbocycles. The number of nitrogens with zero attached hydrogens (tertiary/aromatic N) is 3. The maximum Gasteiger partial charge on any atom is 0.258 e. The first-order valence-corrected chi connectivity index (χ1v) is 9.93. The van der Waals surface area contributed by atoms with Crippen LogP contribution in [0, 0.1) is 5.92 Å². The van der Waals surface area contributed by atoms with Gasteiger partial charge in [-0.25, -0.2) is 13.8 Å². The van der Waals surface area contributed by atoms with E-state index in [-0.39, 0.29) is 25.4 Å². The van der Waals surface area contributed by atoms with Gasteiger partial charge in [0, 0.05) is 31.4 Å². The van der Waals surface area contributed by atoms with Crippen molar-refractivity contribution in [2.75, 3.05) is 25.0 Å². The molecule has 7 nitrogen and oxygen atoms in total. The molecule has 0 bridgehead atoms. The lowest BCUT2D eigenvalue weighted by Gasteiger charge is -2.40. The van der Waals surface area contributed by atoms with Crippen molar-refractivity contribution in [2.45, 2.75) is 44.1 Å². The van der Waals surface area contributed by atoms with Gasteiger partial charge in [-0.3, -0.25) is 14.8 Å². The third kappa shape index (κ3) is 4.72. The number of pyridine rings is 1. The molecule has 0 aromatic carbocycles. The Bertz CT molecular complexity index is 824. The number of likely N-dealkylation sites (tertiary alicyclic amines) is 1. The second-order valence-electron chi connectivity index (χ2n) is 7.87. The quantitative estimate of drug-likeness (QED) is 0.740. The average molecular weight is 405 g/mol. The zero-order valence-corrected chi connectivity index (χ0v) is 16.3. The van der Waals surface area contributed by atoms with Crippen LogP contribution in [-0.4, -0.2) is 57.6 Å². The Kier molecular flexibility index (Phi) is 5.49. The first kappa shape index (κ1) is 19.8. The molecule has 1 amide bonds. The number of anilines is 1. The fourth-order valence-electron chi connectivity index (χ4n) is 3.50. The average Bonchev–Trinajstić information content (AvgIpc) is 3.38. The largest absolute Gasteiger partial charge is 0.492 e. The van der Waals surface area contributed by atoms with Gasteiger partial charge in [-0.2, -0.15) is 5.10 Å². The minimum absolute atomic E-state index is 0.0746. The number of amides is 1. The molecule has 9 heteroatoms. The van der Waals surface area contributed by atoms with Crippen molar-refractivity contribution in [2.24, 2.45) is 5.92 Å². The number of rotatable bonds is 7. The van der Waals surface area contributed by atoms with Crippen molar-refractivity contribution in [3.05, 3.63) is 36.3 Å². The topological polar surface area (TPSA) is 83.1 Å². The summed E-state index contributed by atoms with van der Waals surface area (Å²) in [6.45, 7) is 2.64. The predicted octanol–water partition coefficient (Wildman–Crippen LogP) is 3.05. The van der Waals surface area contributed by atoms with E-state index in [1.54, 1.807) is 36.2 Å². The van der Waals surface area contributed by atoms with Crippen LogP contribution in [0.25, 0.3) is 0 Å². The van der Waals surface area contributed by atoms with Gasteiger partial charge in [0.1, 0.15) is 11.6 Å². The molecule has 3 heterocycles. The molecule has 4 rings (SSSR count). The molecule has 2 aliphatic rings. The first-order valence-electron chi connectivity index (χ1n) is 9.93. The molecule has 2 N–H and O–H groups in total. The Hall–Kier alpha value is -2.55. The number of hydrogen-bond donors (Lipinski definition) is 2. The smallest absolute Gasteiger partial charge is 0.258 e. The van der Waals surface area contributed by atoms with Crippen molar-refractivity contribution in [1.82, 2.24) is 20.1 Å². The molecule has 1 unspecified atom stereocenters. The van der Waals surface area contributed by atoms with Gasteiger partial charge < -0.3 is 10.1 Å². The van der Waals surface area contributed by atoms with E-state index in [0.29, 0.717) is 29.8 Å². The summed E-state index contributed by atoms with van der Waals surface area (Å²) >= 11 is 0. The summed E-state index contributed by atoms with van der Waals surface area (Å²) in [6, 6.07) is 4.45. The maximum atomic E-state index is 14.4. The number of aromatic nitrogens is 3. The van der Waals surface area contributed by atoms with Crippen LogP contribution in [0.5, 0.6) is 5.75 Å². The number of hydrogen-bond acceptors (Lipinski definition) is 5. The van der Waals surface area contributed by atoms with Crippen molar-refractivity contribution >= 4 is 11.7 Å². The number of ether oxygens (including phenoxy) is 1. The van der Waals surface area contributed by atoms with Crippen LogP contribution >= 0.6 is 0 Å². The predicted molar refractivity (Wildman–Crippen MR) is 103 cm³/mol. The molecule has 0 radical (unpaired) electrons. The van der Waals surface area contributed by atoms with Crippen LogP contribution in [0.15, 0.2) is 30.6 Å². The number of carbonyl (C=O) groups excluding carboxylic acids is 1. The Morgan fingerprint density at radius 3 is 2.90 bits per heavy atom. The highest BCUT2D eigenvalue weighted by atomic mass is 19.3. The summed E-state index contributed by atoms with van der Waals surface area (Å²) in [6.07, 6.45) is 5.16. The molecule has 2 aromatic rings. The molecule has 29 heavy (non-hydrogen) atoms. The minimum Gasteiger partial charge on any atom is -0.492 e. The van der Waals surface area contributed by atoms with E-state index in [9.17, 15) is 13.6 Å². The highest BCUT2D eigenvalue weighted by Gasteiger charge is 2.47. The van der Waals surface area contributed by atoms with Gasteiger partial charge in [-0.15, -0.1) is 0 Å². The fraction of sp³-hybridized carbons (Fsp3) is 0.550. The second kappa shape index (κ2) is 8.06. The lowest BCUT2D eigenvalue weighted by atomic mass is 9.90. The van der Waals surface area contributed by atoms with Gasteiger partial charge in [-0.05, 0) is 43.9 Å². The highest BCUT2D eigenvalue weighted by Crippen LogP contribution is 2.40. The van der Waals surface area contributed by atoms with Crippen molar-refractivity contribution in [1.29, 1.82) is 0 Å². The number of nitrogens with one attached hydrogen (secondary N) is 2. The second-order valence-corrected chi connectivity index (χ2v) is 7.87. The Balaban J connectivity index is 1.34. The monoisotopic (exact) mass is 405 g/mol. The number of H-pyrrole nitrogens is 1. The van der Waals surface area contributed by atoms with E-state index >= 15 is 0 Å². The van der Waals surface area contributed by atoms with Crippen molar-refractivity contribution < 1.29 is 18.3 Å². The molecule has 2 aromatic heterocycles. The third-order valence-corrected chi connectivity index (χ3v) is 5.65.